The van der Waals surface area contributed by atoms with Gasteiger partial charge in [-0.15, -0.1) is 0 Å². The van der Waals surface area contributed by atoms with Gasteiger partial charge in [0, 0.05) is 12.8 Å². The third-order valence-electron chi connectivity index (χ3n) is 3.80. The Morgan fingerprint density at radius 2 is 1.67 bits per heavy atom. The summed E-state index contributed by atoms with van der Waals surface area (Å²) in [4.78, 5) is 9.95. The summed E-state index contributed by atoms with van der Waals surface area (Å²) >= 11 is 0. The molecule has 21 heavy (non-hydrogen) atoms. The maximum absolute atomic E-state index is 9.95. The highest BCUT2D eigenvalue weighted by Gasteiger charge is 2.19. The average Bonchev–Trinajstić information content (AvgIpc) is 2.50. The van der Waals surface area contributed by atoms with Crippen molar-refractivity contribution >= 4 is 11.8 Å². The summed E-state index contributed by atoms with van der Waals surface area (Å²) in [5.41, 5.74) is 0.530. The Bertz CT molecular complexity index is 370. The van der Waals surface area contributed by atoms with Crippen LogP contribution in [0.3, 0.4) is 0 Å². The Morgan fingerprint density at radius 3 is 2.05 bits per heavy atom. The number of carbonyl (C=O) groups is 1. The van der Waals surface area contributed by atoms with Crippen molar-refractivity contribution in [1.82, 2.24) is 0 Å². The SMILES string of the molecule is CC[N+](CC)(CC)CCOC.O=C([O-])Nc1ccccc1. The number of hydrogen-bond donors (Lipinski definition) is 1. The predicted octanol–water partition coefficient (Wildman–Crippen LogP) is 1.95. The molecule has 0 fully saturated rings. The van der Waals surface area contributed by atoms with Gasteiger partial charge in [-0.25, -0.2) is 0 Å². The number of quaternary nitrogens is 1. The van der Waals surface area contributed by atoms with Crippen LogP contribution in [0.5, 0.6) is 0 Å². The number of methoxy groups -OCH3 is 1. The zero-order valence-corrected chi connectivity index (χ0v) is 13.6. The molecule has 5 nitrogen and oxygen atoms in total. The molecule has 0 radical (unpaired) electrons. The van der Waals surface area contributed by atoms with Crippen LogP contribution in [-0.4, -0.2) is 50.5 Å². The van der Waals surface area contributed by atoms with E-state index < -0.39 is 6.09 Å². The number of benzene rings is 1. The molecule has 1 amide bonds. The van der Waals surface area contributed by atoms with E-state index in [0.29, 0.717) is 5.69 Å². The maximum atomic E-state index is 9.95. The first-order chi connectivity index (χ1) is 10.0. The molecule has 0 aromatic heterocycles. The third-order valence-corrected chi connectivity index (χ3v) is 3.80. The Balaban J connectivity index is 0.000000382. The minimum Gasteiger partial charge on any atom is -0.530 e. The van der Waals surface area contributed by atoms with Crippen LogP contribution in [0.1, 0.15) is 20.8 Å². The number of amides is 1. The van der Waals surface area contributed by atoms with Crippen molar-refractivity contribution in [3.63, 3.8) is 0 Å². The molecule has 0 saturated carbocycles. The van der Waals surface area contributed by atoms with Crippen molar-refractivity contribution in [1.29, 1.82) is 0 Å². The van der Waals surface area contributed by atoms with Crippen molar-refractivity contribution in [2.45, 2.75) is 20.8 Å². The van der Waals surface area contributed by atoms with Gasteiger partial charge in [0.25, 0.3) is 0 Å². The molecule has 0 spiro atoms. The topological polar surface area (TPSA) is 61.4 Å². The van der Waals surface area contributed by atoms with Gasteiger partial charge in [-0.1, -0.05) is 18.2 Å². The minimum absolute atomic E-state index is 0.530. The fourth-order valence-electron chi connectivity index (χ4n) is 2.07. The van der Waals surface area contributed by atoms with Crippen LogP contribution in [0.25, 0.3) is 0 Å². The largest absolute Gasteiger partial charge is 0.530 e. The van der Waals surface area contributed by atoms with E-state index in [1.165, 1.54) is 24.1 Å². The van der Waals surface area contributed by atoms with Gasteiger partial charge >= 0.3 is 0 Å². The van der Waals surface area contributed by atoms with Crippen LogP contribution in [0.15, 0.2) is 30.3 Å². The van der Waals surface area contributed by atoms with Crippen LogP contribution < -0.4 is 10.4 Å². The van der Waals surface area contributed by atoms with E-state index in [9.17, 15) is 9.90 Å². The normalized spacial score (nSPS) is 10.5. The number of para-hydroxylation sites is 1. The highest BCUT2D eigenvalue weighted by Crippen LogP contribution is 2.04. The molecule has 0 heterocycles. The van der Waals surface area contributed by atoms with Crippen LogP contribution in [-0.2, 0) is 4.74 Å². The Morgan fingerprint density at radius 1 is 1.14 bits per heavy atom. The summed E-state index contributed by atoms with van der Waals surface area (Å²) < 4.78 is 6.28. The number of ether oxygens (including phenoxy) is 1. The summed E-state index contributed by atoms with van der Waals surface area (Å²) in [5.74, 6) is 0. The molecule has 120 valence electrons. The van der Waals surface area contributed by atoms with Crippen molar-refractivity contribution < 1.29 is 19.1 Å². The minimum atomic E-state index is -1.29. The molecule has 0 aliphatic heterocycles. The zero-order chi connectivity index (χ0) is 16.1. The van der Waals surface area contributed by atoms with Gasteiger partial charge in [0.05, 0.1) is 26.2 Å². The summed E-state index contributed by atoms with van der Waals surface area (Å²) in [6.07, 6.45) is -1.29. The standard InChI is InChI=1S/C9H22NO.C7H7NO2/c1-5-10(6-2,7-3)8-9-11-4;9-7(10)8-6-4-2-1-3-5-6/h5-9H2,1-4H3;1-5,8H,(H,9,10)/q+1;/p-1. The number of carbonyl (C=O) groups excluding carboxylic acids is 1. The molecule has 0 unspecified atom stereocenters. The van der Waals surface area contributed by atoms with E-state index in [1.807, 2.05) is 0 Å². The molecule has 1 aromatic carbocycles. The lowest BCUT2D eigenvalue weighted by atomic mass is 10.3. The first-order valence-corrected chi connectivity index (χ1v) is 7.40. The van der Waals surface area contributed by atoms with E-state index in [4.69, 9.17) is 4.74 Å². The lowest BCUT2D eigenvalue weighted by molar-refractivity contribution is -0.923. The van der Waals surface area contributed by atoms with Crippen LogP contribution in [0.2, 0.25) is 0 Å². The molecular formula is C16H28N2O3. The number of rotatable bonds is 7. The monoisotopic (exact) mass is 296 g/mol. The first kappa shape index (κ1) is 19.4. The zero-order valence-electron chi connectivity index (χ0n) is 13.6. The molecule has 0 bridgehead atoms. The van der Waals surface area contributed by atoms with Crippen LogP contribution in [0, 0.1) is 0 Å². The molecule has 0 aliphatic rings. The van der Waals surface area contributed by atoms with E-state index >= 15 is 0 Å². The van der Waals surface area contributed by atoms with E-state index in [1.54, 1.807) is 37.4 Å². The van der Waals surface area contributed by atoms with Crippen molar-refractivity contribution in [2.24, 2.45) is 0 Å². The summed E-state index contributed by atoms with van der Waals surface area (Å²) in [6, 6.07) is 8.59. The van der Waals surface area contributed by atoms with Crippen molar-refractivity contribution in [2.75, 3.05) is 45.2 Å². The molecule has 0 saturated heterocycles. The molecule has 1 aromatic rings. The first-order valence-electron chi connectivity index (χ1n) is 7.40. The number of nitrogens with zero attached hydrogens (tertiary/aromatic N) is 1. The second-order valence-electron chi connectivity index (χ2n) is 4.79. The molecule has 5 heteroatoms. The van der Waals surface area contributed by atoms with E-state index in [2.05, 4.69) is 26.1 Å². The van der Waals surface area contributed by atoms with Crippen LogP contribution >= 0.6 is 0 Å². The van der Waals surface area contributed by atoms with Gasteiger partial charge in [-0.05, 0) is 32.9 Å². The summed E-state index contributed by atoms with van der Waals surface area (Å²) in [5, 5.41) is 12.1. The molecule has 0 aliphatic carbocycles. The van der Waals surface area contributed by atoms with E-state index in [0.717, 1.165) is 13.2 Å². The molecular weight excluding hydrogens is 268 g/mol. The Labute approximate surface area is 128 Å². The quantitative estimate of drug-likeness (QED) is 0.782. The van der Waals surface area contributed by atoms with Gasteiger partial charge in [0.15, 0.2) is 0 Å². The fraction of sp³-hybridized carbons (Fsp3) is 0.562. The molecule has 1 N–H and O–H groups in total. The average molecular weight is 296 g/mol. The molecule has 0 atom stereocenters. The van der Waals surface area contributed by atoms with Crippen LogP contribution in [0.4, 0.5) is 10.5 Å². The number of hydrogen-bond acceptors (Lipinski definition) is 3. The number of likely N-dealkylation sites (N-methyl/N-ethyl adjacent to an activating group) is 1. The molecule has 1 rings (SSSR count). The van der Waals surface area contributed by atoms with Gasteiger partial charge in [-0.3, -0.25) is 0 Å². The van der Waals surface area contributed by atoms with Gasteiger partial charge in [0.1, 0.15) is 12.6 Å². The van der Waals surface area contributed by atoms with E-state index in [-0.39, 0.29) is 0 Å². The smallest absolute Gasteiger partial charge is 0.138 e. The summed E-state index contributed by atoms with van der Waals surface area (Å²) in [6.45, 7) is 12.5. The second-order valence-corrected chi connectivity index (χ2v) is 4.79. The van der Waals surface area contributed by atoms with Gasteiger partial charge in [0.2, 0.25) is 0 Å². The highest BCUT2D eigenvalue weighted by molar-refractivity contribution is 5.80. The highest BCUT2D eigenvalue weighted by atomic mass is 16.5. The van der Waals surface area contributed by atoms with Gasteiger partial charge in [-0.2, -0.15) is 0 Å². The maximum Gasteiger partial charge on any atom is 0.138 e. The third kappa shape index (κ3) is 8.32. The fourth-order valence-corrected chi connectivity index (χ4v) is 2.07. The van der Waals surface area contributed by atoms with Gasteiger partial charge < -0.3 is 24.4 Å². The number of carboxylic acid groups (broad SMARTS) is 1. The van der Waals surface area contributed by atoms with Crippen molar-refractivity contribution in [3.8, 4) is 0 Å². The lowest BCUT2D eigenvalue weighted by Gasteiger charge is -2.35. The Hall–Kier alpha value is -1.59. The Kier molecular flexibility index (Phi) is 10.3. The summed E-state index contributed by atoms with van der Waals surface area (Å²) in [7, 11) is 1.77. The lowest BCUT2D eigenvalue weighted by Crippen LogP contribution is -2.49. The van der Waals surface area contributed by atoms with Crippen molar-refractivity contribution in [3.05, 3.63) is 30.3 Å². The predicted molar refractivity (Wildman–Crippen MR) is 84.1 cm³/mol. The second kappa shape index (κ2) is 11.1. The number of anilines is 1. The number of nitrogens with one attached hydrogen (secondary N) is 1.